The van der Waals surface area contributed by atoms with Gasteiger partial charge in [-0.25, -0.2) is 24.6 Å². The van der Waals surface area contributed by atoms with Gasteiger partial charge >= 0.3 is 0 Å². The lowest BCUT2D eigenvalue weighted by molar-refractivity contribution is 0.122. The summed E-state index contributed by atoms with van der Waals surface area (Å²) in [7, 11) is 1.77. The minimum Gasteiger partial charge on any atom is -0.759 e. The number of ether oxygens (including phenoxy) is 2. The Bertz CT molecular complexity index is 1730. The molecule has 15 heteroatoms. The van der Waals surface area contributed by atoms with Crippen LogP contribution in [0.4, 0.5) is 17.7 Å². The number of nitrogens with zero attached hydrogens (tertiary/aromatic N) is 10. The number of fused-ring (bicyclic) bond motifs is 1. The highest BCUT2D eigenvalue weighted by atomic mass is 16.5. The lowest BCUT2D eigenvalue weighted by Crippen LogP contribution is -2.36. The molecule has 2 fully saturated rings. The van der Waals surface area contributed by atoms with Crippen molar-refractivity contribution in [2.45, 2.75) is 38.3 Å². The van der Waals surface area contributed by atoms with Crippen LogP contribution in [0, 0.1) is 11.1 Å². The first-order valence-electron chi connectivity index (χ1n) is 15.2. The topological polar surface area (TPSA) is 169 Å². The van der Waals surface area contributed by atoms with Crippen molar-refractivity contribution in [3.63, 3.8) is 0 Å². The molecule has 0 atom stereocenters. The molecule has 0 radical (unpaired) electrons. The monoisotopic (exact) mass is 611 g/mol. The molecular formula is C30H35N12O3-. The van der Waals surface area contributed by atoms with Crippen LogP contribution >= 0.6 is 0 Å². The van der Waals surface area contributed by atoms with Crippen LogP contribution in [-0.4, -0.2) is 83.2 Å². The van der Waals surface area contributed by atoms with Gasteiger partial charge in [0.2, 0.25) is 11.8 Å². The highest BCUT2D eigenvalue weighted by Crippen LogP contribution is 2.32. The summed E-state index contributed by atoms with van der Waals surface area (Å²) in [5, 5.41) is 20.0. The van der Waals surface area contributed by atoms with Gasteiger partial charge in [-0.05, 0) is 43.7 Å². The van der Waals surface area contributed by atoms with E-state index in [1.807, 2.05) is 23.7 Å². The van der Waals surface area contributed by atoms with Crippen LogP contribution in [0.2, 0.25) is 0 Å². The van der Waals surface area contributed by atoms with Gasteiger partial charge in [-0.1, -0.05) is 0 Å². The molecule has 2 N–H and O–H groups in total. The summed E-state index contributed by atoms with van der Waals surface area (Å²) in [5.74, 6) is 3.27. The van der Waals surface area contributed by atoms with Crippen LogP contribution in [0.5, 0.6) is 5.88 Å². The molecule has 1 aliphatic carbocycles. The summed E-state index contributed by atoms with van der Waals surface area (Å²) in [6, 6.07) is 6.18. The molecule has 45 heavy (non-hydrogen) atoms. The first kappa shape index (κ1) is 28.9. The van der Waals surface area contributed by atoms with Crippen molar-refractivity contribution in [2.75, 3.05) is 48.6 Å². The van der Waals surface area contributed by atoms with E-state index in [0.717, 1.165) is 66.8 Å². The summed E-state index contributed by atoms with van der Waals surface area (Å²) in [4.78, 5) is 29.2. The van der Waals surface area contributed by atoms with E-state index in [1.54, 1.807) is 47.4 Å². The summed E-state index contributed by atoms with van der Waals surface area (Å²) >= 11 is 0. The number of pyridine rings is 2. The maximum atomic E-state index is 11.1. The third-order valence-electron chi connectivity index (χ3n) is 8.46. The van der Waals surface area contributed by atoms with E-state index in [-0.39, 0.29) is 5.95 Å². The fourth-order valence-corrected chi connectivity index (χ4v) is 5.85. The molecule has 0 aromatic carbocycles. The Morgan fingerprint density at radius 1 is 1.00 bits per heavy atom. The minimum absolute atomic E-state index is 0.243. The maximum Gasteiger partial charge on any atom is 0.224 e. The van der Waals surface area contributed by atoms with Gasteiger partial charge in [0.1, 0.15) is 12.1 Å². The first-order chi connectivity index (χ1) is 22.1. The minimum atomic E-state index is 0.243. The fraction of sp³-hybridized carbons (Fsp3) is 0.433. The number of anilines is 3. The van der Waals surface area contributed by atoms with Crippen molar-refractivity contribution in [3.8, 4) is 17.3 Å². The summed E-state index contributed by atoms with van der Waals surface area (Å²) in [5.41, 5.74) is 4.21. The largest absolute Gasteiger partial charge is 0.759 e. The van der Waals surface area contributed by atoms with Crippen molar-refractivity contribution < 1.29 is 9.47 Å². The van der Waals surface area contributed by atoms with Crippen LogP contribution in [0.25, 0.3) is 22.3 Å². The molecule has 7 rings (SSSR count). The van der Waals surface area contributed by atoms with Crippen molar-refractivity contribution in [2.24, 2.45) is 13.0 Å². The number of hydrogen-bond acceptors (Lipinski definition) is 13. The predicted molar refractivity (Wildman–Crippen MR) is 168 cm³/mol. The van der Waals surface area contributed by atoms with Gasteiger partial charge in [-0.2, -0.15) is 10.1 Å². The van der Waals surface area contributed by atoms with Crippen LogP contribution in [0.3, 0.4) is 0 Å². The molecule has 234 valence electrons. The van der Waals surface area contributed by atoms with Crippen molar-refractivity contribution in [1.29, 1.82) is 0 Å². The van der Waals surface area contributed by atoms with Crippen LogP contribution in [0.1, 0.15) is 31.4 Å². The van der Waals surface area contributed by atoms with Gasteiger partial charge in [0.15, 0.2) is 11.8 Å². The predicted octanol–water partition coefficient (Wildman–Crippen LogP) is 3.26. The SMILES string of the molecule is Cn1c(Cn2cnc(-c3cnc4cc(N5CCOCC5)nc(OCC5CCC(Nc6ncccn6)CC5)c4c3)n2)cnc1N[O-]. The molecule has 1 saturated heterocycles. The van der Waals surface area contributed by atoms with Crippen LogP contribution in [0.15, 0.2) is 49.3 Å². The van der Waals surface area contributed by atoms with Crippen molar-refractivity contribution >= 4 is 28.6 Å². The second-order valence-electron chi connectivity index (χ2n) is 11.4. The van der Waals surface area contributed by atoms with Gasteiger partial charge in [0.25, 0.3) is 0 Å². The number of hydrogen-bond donors (Lipinski definition) is 2. The summed E-state index contributed by atoms with van der Waals surface area (Å²) in [6.07, 6.45) is 12.7. The van der Waals surface area contributed by atoms with Crippen molar-refractivity contribution in [3.05, 3.63) is 60.2 Å². The first-order valence-corrected chi connectivity index (χ1v) is 15.2. The van der Waals surface area contributed by atoms with Gasteiger partial charge in [0, 0.05) is 56.4 Å². The van der Waals surface area contributed by atoms with E-state index in [1.165, 1.54) is 0 Å². The molecule has 5 aromatic heterocycles. The van der Waals surface area contributed by atoms with E-state index >= 15 is 0 Å². The molecule has 0 bridgehead atoms. The number of imidazole rings is 1. The second-order valence-corrected chi connectivity index (χ2v) is 11.4. The molecule has 1 aliphatic heterocycles. The van der Waals surface area contributed by atoms with Crippen molar-refractivity contribution in [1.82, 2.24) is 44.3 Å². The number of nitrogens with one attached hydrogen (secondary N) is 2. The highest BCUT2D eigenvalue weighted by Gasteiger charge is 2.24. The second kappa shape index (κ2) is 13.0. The lowest BCUT2D eigenvalue weighted by atomic mass is 9.86. The standard InChI is InChI=1S/C30H35N12O3/c1-40-23(16-34-30(40)39-43)17-42-19-35-27(38-42)21-13-24-25(33-15-21)14-26(41-9-11-44-12-10-41)37-28(24)45-18-20-3-5-22(6-4-20)36-29-31-7-2-8-32-29/h2,7-8,13-16,19-20,22H,3-6,9-12,17-18H2,1H3,(H2-,31,32,34,36,39,43)/q-1. The van der Waals surface area contributed by atoms with E-state index in [4.69, 9.17) is 19.4 Å². The smallest absolute Gasteiger partial charge is 0.224 e. The third kappa shape index (κ3) is 6.49. The van der Waals surface area contributed by atoms with E-state index in [9.17, 15) is 5.21 Å². The zero-order chi connectivity index (χ0) is 30.6. The summed E-state index contributed by atoms with van der Waals surface area (Å²) < 4.78 is 15.5. The molecule has 6 heterocycles. The average molecular weight is 612 g/mol. The number of aromatic nitrogens is 9. The molecule has 5 aromatic rings. The van der Waals surface area contributed by atoms with Gasteiger partial charge in [0.05, 0.1) is 49.2 Å². The Kier molecular flexibility index (Phi) is 8.33. The normalized spacial score (nSPS) is 18.7. The zero-order valence-electron chi connectivity index (χ0n) is 25.0. The molecule has 0 unspecified atom stereocenters. The molecule has 1 saturated carbocycles. The molecule has 2 aliphatic rings. The van der Waals surface area contributed by atoms with Gasteiger partial charge in [-0.15, -0.1) is 0 Å². The van der Waals surface area contributed by atoms with Gasteiger partial charge < -0.3 is 34.9 Å². The Morgan fingerprint density at radius 2 is 1.82 bits per heavy atom. The van der Waals surface area contributed by atoms with E-state index in [0.29, 0.717) is 56.0 Å². The third-order valence-corrected chi connectivity index (χ3v) is 8.46. The van der Waals surface area contributed by atoms with Gasteiger partial charge in [-0.3, -0.25) is 4.98 Å². The fourth-order valence-electron chi connectivity index (χ4n) is 5.85. The Labute approximate surface area is 259 Å². The Morgan fingerprint density at radius 3 is 2.60 bits per heavy atom. The Balaban J connectivity index is 1.09. The molecule has 15 nitrogen and oxygen atoms in total. The quantitative estimate of drug-likeness (QED) is 0.221. The van der Waals surface area contributed by atoms with E-state index < -0.39 is 0 Å². The highest BCUT2D eigenvalue weighted by molar-refractivity contribution is 5.88. The van der Waals surface area contributed by atoms with Crippen LogP contribution in [-0.2, 0) is 18.3 Å². The molecular weight excluding hydrogens is 576 g/mol. The zero-order valence-corrected chi connectivity index (χ0v) is 25.0. The molecule has 0 amide bonds. The maximum absolute atomic E-state index is 11.1. The number of rotatable bonds is 10. The number of morpholine rings is 1. The molecule has 0 spiro atoms. The average Bonchev–Trinajstić information content (AvgIpc) is 3.71. The summed E-state index contributed by atoms with van der Waals surface area (Å²) in [6.45, 7) is 3.84. The van der Waals surface area contributed by atoms with E-state index in [2.05, 4.69) is 35.3 Å². The lowest BCUT2D eigenvalue weighted by Gasteiger charge is -2.30. The Hall–Kier alpha value is -4.89. The van der Waals surface area contributed by atoms with Crippen LogP contribution < -0.4 is 20.4 Å².